The number of nitrogens with one attached hydrogen (secondary N) is 2. The van der Waals surface area contributed by atoms with E-state index in [0.717, 1.165) is 29.3 Å². The monoisotopic (exact) mass is 413 g/mol. The minimum atomic E-state index is -0.427. The van der Waals surface area contributed by atoms with E-state index in [1.54, 1.807) is 29.2 Å². The van der Waals surface area contributed by atoms with Crippen LogP contribution in [-0.4, -0.2) is 30.3 Å². The highest BCUT2D eigenvalue weighted by Crippen LogP contribution is 2.32. The van der Waals surface area contributed by atoms with E-state index < -0.39 is 5.92 Å². The third kappa shape index (κ3) is 4.01. The zero-order chi connectivity index (χ0) is 21.4. The van der Waals surface area contributed by atoms with Crippen molar-refractivity contribution in [2.24, 2.45) is 5.92 Å². The number of carbonyl (C=O) groups excluding carboxylic acids is 3. The van der Waals surface area contributed by atoms with Gasteiger partial charge in [0.25, 0.3) is 5.91 Å². The van der Waals surface area contributed by atoms with Gasteiger partial charge in [0.2, 0.25) is 11.8 Å². The Balaban J connectivity index is 1.26. The zero-order valence-corrected chi connectivity index (χ0v) is 17.0. The maximum atomic E-state index is 12.8. The lowest BCUT2D eigenvalue weighted by molar-refractivity contribution is -0.122. The van der Waals surface area contributed by atoms with Gasteiger partial charge in [0, 0.05) is 35.6 Å². The third-order valence-electron chi connectivity index (χ3n) is 5.88. The zero-order valence-electron chi connectivity index (χ0n) is 17.0. The molecule has 1 atom stereocenters. The summed E-state index contributed by atoms with van der Waals surface area (Å²) in [5, 5.41) is 7.89. The first-order valence-corrected chi connectivity index (χ1v) is 10.6. The van der Waals surface area contributed by atoms with E-state index in [9.17, 15) is 14.4 Å². The van der Waals surface area contributed by atoms with Crippen LogP contribution in [0.4, 0.5) is 11.4 Å². The molecule has 1 saturated carbocycles. The number of carbonyl (C=O) groups is 3. The van der Waals surface area contributed by atoms with E-state index in [1.165, 1.54) is 0 Å². The topological polar surface area (TPSA) is 78.5 Å². The van der Waals surface area contributed by atoms with E-state index in [-0.39, 0.29) is 24.1 Å². The summed E-state index contributed by atoms with van der Waals surface area (Å²) >= 11 is 0. The van der Waals surface area contributed by atoms with Crippen LogP contribution in [0.3, 0.4) is 0 Å². The molecule has 0 spiro atoms. The van der Waals surface area contributed by atoms with Gasteiger partial charge in [0.1, 0.15) is 0 Å². The highest BCUT2D eigenvalue weighted by molar-refractivity contribution is 6.08. The molecule has 0 radical (unpaired) electrons. The fourth-order valence-electron chi connectivity index (χ4n) is 4.01. The van der Waals surface area contributed by atoms with Crippen LogP contribution in [0.25, 0.3) is 10.8 Å². The molecule has 1 heterocycles. The summed E-state index contributed by atoms with van der Waals surface area (Å²) in [4.78, 5) is 39.3. The van der Waals surface area contributed by atoms with Crippen molar-refractivity contribution in [3.05, 3.63) is 72.3 Å². The molecular formula is C25H23N3O3. The fraction of sp³-hybridized carbons (Fsp3) is 0.240. The van der Waals surface area contributed by atoms with Crippen LogP contribution in [0, 0.1) is 5.92 Å². The van der Waals surface area contributed by atoms with E-state index in [4.69, 9.17) is 0 Å². The van der Waals surface area contributed by atoms with Gasteiger partial charge in [-0.3, -0.25) is 14.4 Å². The molecule has 156 valence electrons. The summed E-state index contributed by atoms with van der Waals surface area (Å²) in [6.07, 6.45) is 2.25. The van der Waals surface area contributed by atoms with Crippen molar-refractivity contribution in [1.82, 2.24) is 5.32 Å². The summed E-state index contributed by atoms with van der Waals surface area (Å²) in [6, 6.07) is 20.9. The highest BCUT2D eigenvalue weighted by atomic mass is 16.2. The second-order valence-corrected chi connectivity index (χ2v) is 8.22. The number of hydrogen-bond acceptors (Lipinski definition) is 3. The Morgan fingerprint density at radius 2 is 1.65 bits per heavy atom. The molecule has 5 rings (SSSR count). The molecule has 2 aliphatic rings. The largest absolute Gasteiger partial charge is 0.349 e. The van der Waals surface area contributed by atoms with Gasteiger partial charge in [0.15, 0.2) is 0 Å². The first kappa shape index (κ1) is 19.3. The predicted octanol–water partition coefficient (Wildman–Crippen LogP) is 3.72. The number of hydrogen-bond donors (Lipinski definition) is 2. The Morgan fingerprint density at radius 3 is 2.42 bits per heavy atom. The van der Waals surface area contributed by atoms with Crippen molar-refractivity contribution in [1.29, 1.82) is 0 Å². The van der Waals surface area contributed by atoms with Crippen LogP contribution < -0.4 is 15.5 Å². The average molecular weight is 413 g/mol. The van der Waals surface area contributed by atoms with Crippen LogP contribution in [0.5, 0.6) is 0 Å². The molecule has 2 N–H and O–H groups in total. The van der Waals surface area contributed by atoms with Crippen molar-refractivity contribution in [3.8, 4) is 0 Å². The Bertz CT molecular complexity index is 1160. The molecule has 6 heteroatoms. The first-order chi connectivity index (χ1) is 15.1. The van der Waals surface area contributed by atoms with E-state index >= 15 is 0 Å². The van der Waals surface area contributed by atoms with E-state index in [0.29, 0.717) is 23.8 Å². The molecule has 1 aliphatic heterocycles. The maximum Gasteiger partial charge on any atom is 0.251 e. The molecule has 6 nitrogen and oxygen atoms in total. The van der Waals surface area contributed by atoms with Gasteiger partial charge in [-0.2, -0.15) is 0 Å². The van der Waals surface area contributed by atoms with Gasteiger partial charge in [-0.25, -0.2) is 0 Å². The summed E-state index contributed by atoms with van der Waals surface area (Å²) in [6.45, 7) is 0.348. The van der Waals surface area contributed by atoms with E-state index in [2.05, 4.69) is 10.6 Å². The normalized spacial score (nSPS) is 18.3. The van der Waals surface area contributed by atoms with Gasteiger partial charge in [-0.05, 0) is 48.6 Å². The molecule has 3 amide bonds. The van der Waals surface area contributed by atoms with Crippen LogP contribution in [-0.2, 0) is 9.59 Å². The van der Waals surface area contributed by atoms with Crippen molar-refractivity contribution in [3.63, 3.8) is 0 Å². The Labute approximate surface area is 180 Å². The Morgan fingerprint density at radius 1 is 0.903 bits per heavy atom. The summed E-state index contributed by atoms with van der Waals surface area (Å²) in [5.41, 5.74) is 2.02. The van der Waals surface area contributed by atoms with Gasteiger partial charge in [0.05, 0.1) is 11.6 Å². The van der Waals surface area contributed by atoms with Crippen LogP contribution in [0.1, 0.15) is 29.6 Å². The minimum absolute atomic E-state index is 0.0522. The average Bonchev–Trinajstić information content (AvgIpc) is 3.52. The third-order valence-corrected chi connectivity index (χ3v) is 5.88. The van der Waals surface area contributed by atoms with Gasteiger partial charge in [-0.15, -0.1) is 0 Å². The molecule has 1 aliphatic carbocycles. The fourth-order valence-corrected chi connectivity index (χ4v) is 4.01. The lowest BCUT2D eigenvalue weighted by atomic mass is 10.1. The Kier molecular flexibility index (Phi) is 4.90. The SMILES string of the molecule is O=C(NC1CC1)c1ccc(NC(=O)C2CC(=O)N(c3cccc4ccccc34)C2)cc1. The molecule has 3 aromatic carbocycles. The number of nitrogens with zero attached hydrogens (tertiary/aromatic N) is 1. The van der Waals surface area contributed by atoms with Crippen LogP contribution >= 0.6 is 0 Å². The van der Waals surface area contributed by atoms with Crippen molar-refractivity contribution in [2.45, 2.75) is 25.3 Å². The Hall–Kier alpha value is -3.67. The number of amides is 3. The number of rotatable bonds is 5. The van der Waals surface area contributed by atoms with Crippen LogP contribution in [0.15, 0.2) is 66.7 Å². The number of benzene rings is 3. The van der Waals surface area contributed by atoms with Crippen LogP contribution in [0.2, 0.25) is 0 Å². The smallest absolute Gasteiger partial charge is 0.251 e. The van der Waals surface area contributed by atoms with Gasteiger partial charge < -0.3 is 15.5 Å². The second-order valence-electron chi connectivity index (χ2n) is 8.22. The lowest BCUT2D eigenvalue weighted by Crippen LogP contribution is -2.28. The molecule has 0 bridgehead atoms. The molecule has 0 aromatic heterocycles. The van der Waals surface area contributed by atoms with Crippen molar-refractivity contribution < 1.29 is 14.4 Å². The molecular weight excluding hydrogens is 390 g/mol. The molecule has 1 saturated heterocycles. The van der Waals surface area contributed by atoms with Gasteiger partial charge >= 0.3 is 0 Å². The molecule has 1 unspecified atom stereocenters. The highest BCUT2D eigenvalue weighted by Gasteiger charge is 2.35. The predicted molar refractivity (Wildman–Crippen MR) is 120 cm³/mol. The summed E-state index contributed by atoms with van der Waals surface area (Å²) in [7, 11) is 0. The number of fused-ring (bicyclic) bond motifs is 1. The van der Waals surface area contributed by atoms with Crippen molar-refractivity contribution in [2.75, 3.05) is 16.8 Å². The van der Waals surface area contributed by atoms with Gasteiger partial charge in [-0.1, -0.05) is 36.4 Å². The second kappa shape index (κ2) is 7.87. The standard InChI is InChI=1S/C25H23N3O3/c29-23-14-18(15-28(23)22-7-3-5-16-4-1-2-6-21(16)22)25(31)27-19-10-8-17(9-11-19)24(30)26-20-12-13-20/h1-11,18,20H,12-15H2,(H,26,30)(H,27,31). The van der Waals surface area contributed by atoms with Crippen molar-refractivity contribution >= 4 is 39.9 Å². The maximum absolute atomic E-state index is 12.8. The molecule has 3 aromatic rings. The quantitative estimate of drug-likeness (QED) is 0.669. The minimum Gasteiger partial charge on any atom is -0.349 e. The lowest BCUT2D eigenvalue weighted by Gasteiger charge is -2.19. The molecule has 31 heavy (non-hydrogen) atoms. The first-order valence-electron chi connectivity index (χ1n) is 10.6. The summed E-state index contributed by atoms with van der Waals surface area (Å²) in [5.74, 6) is -0.758. The number of anilines is 2. The van der Waals surface area contributed by atoms with E-state index in [1.807, 2.05) is 42.5 Å². The summed E-state index contributed by atoms with van der Waals surface area (Å²) < 4.78 is 0. The molecule has 2 fully saturated rings.